The highest BCUT2D eigenvalue weighted by atomic mass is 32.2. The first kappa shape index (κ1) is 18.6. The van der Waals surface area contributed by atoms with Crippen LogP contribution >= 0.6 is 0 Å². The first-order chi connectivity index (χ1) is 13.2. The van der Waals surface area contributed by atoms with Gasteiger partial charge in [0.25, 0.3) is 0 Å². The minimum atomic E-state index is -0.858. The Morgan fingerprint density at radius 2 is 2.30 bits per heavy atom. The number of nitrogens with zero attached hydrogens (tertiary/aromatic N) is 2. The number of benzene rings is 1. The molecule has 1 aromatic carbocycles. The van der Waals surface area contributed by atoms with E-state index < -0.39 is 11.0 Å². The average molecular weight is 382 g/mol. The van der Waals surface area contributed by atoms with Crippen molar-refractivity contribution < 1.29 is 4.21 Å². The lowest BCUT2D eigenvalue weighted by Crippen LogP contribution is -2.34. The lowest BCUT2D eigenvalue weighted by Gasteiger charge is -2.25. The van der Waals surface area contributed by atoms with Gasteiger partial charge in [0.15, 0.2) is 0 Å². The van der Waals surface area contributed by atoms with Crippen LogP contribution in [0, 0.1) is 6.42 Å². The third kappa shape index (κ3) is 4.22. The third-order valence-corrected chi connectivity index (χ3v) is 7.25. The Hall–Kier alpha value is -1.78. The van der Waals surface area contributed by atoms with Crippen LogP contribution in [-0.4, -0.2) is 40.5 Å². The van der Waals surface area contributed by atoms with Crippen LogP contribution in [0.15, 0.2) is 54.1 Å². The standard InChI is InChI=1S/C23H29N2OS/c1-2-24(18-19-8-4-3-5-9-19)22-13-12-21(16-22)20-10-6-11-23(17-20)25-14-7-15-27(25)26/h3-4,6,8,10-12,16-17,22H,2,5,7,9,13-15,18H2,1H3/q+1. The summed E-state index contributed by atoms with van der Waals surface area (Å²) < 4.78 is 14.2. The molecule has 1 aromatic rings. The Balaban J connectivity index is 1.49. The van der Waals surface area contributed by atoms with E-state index in [0.29, 0.717) is 6.04 Å². The molecule has 0 N–H and O–H groups in total. The van der Waals surface area contributed by atoms with Crippen molar-refractivity contribution in [2.45, 2.75) is 38.6 Å². The van der Waals surface area contributed by atoms with E-state index in [4.69, 9.17) is 0 Å². The van der Waals surface area contributed by atoms with E-state index in [1.165, 1.54) is 24.0 Å². The van der Waals surface area contributed by atoms with Gasteiger partial charge in [-0.15, -0.1) is 0 Å². The molecule has 3 nitrogen and oxygen atoms in total. The van der Waals surface area contributed by atoms with Crippen LogP contribution in [0.4, 0.5) is 5.69 Å². The monoisotopic (exact) mass is 381 g/mol. The first-order valence-electron chi connectivity index (χ1n) is 10.1. The van der Waals surface area contributed by atoms with Crippen molar-refractivity contribution in [3.63, 3.8) is 0 Å². The fourth-order valence-electron chi connectivity index (χ4n) is 4.20. The summed E-state index contributed by atoms with van der Waals surface area (Å²) in [6, 6.07) is 9.04. The summed E-state index contributed by atoms with van der Waals surface area (Å²) >= 11 is 0. The Kier molecular flexibility index (Phi) is 5.84. The minimum absolute atomic E-state index is 0.474. The maximum atomic E-state index is 12.2. The molecule has 27 heavy (non-hydrogen) atoms. The summed E-state index contributed by atoms with van der Waals surface area (Å²) in [7, 11) is -0.858. The molecule has 1 aliphatic heterocycles. The van der Waals surface area contributed by atoms with Gasteiger partial charge in [0.1, 0.15) is 16.6 Å². The summed E-state index contributed by atoms with van der Waals surface area (Å²) in [6.07, 6.45) is 16.0. The van der Waals surface area contributed by atoms with Gasteiger partial charge >= 0.3 is 0 Å². The Morgan fingerprint density at radius 3 is 3.04 bits per heavy atom. The van der Waals surface area contributed by atoms with Crippen molar-refractivity contribution in [1.82, 2.24) is 4.90 Å². The molecular formula is C23H29N2OS+. The average Bonchev–Trinajstić information content (AvgIpc) is 3.36. The SMILES string of the molecule is CCN(CC1=CC=CCC1)C1C=C(c2cccc(N3CCCS3=O)c2)[CH+]C1. The van der Waals surface area contributed by atoms with Crippen LogP contribution < -0.4 is 4.31 Å². The van der Waals surface area contributed by atoms with Gasteiger partial charge in [0.2, 0.25) is 0 Å². The van der Waals surface area contributed by atoms with Gasteiger partial charge in [-0.25, -0.2) is 4.21 Å². The van der Waals surface area contributed by atoms with Crippen LogP contribution in [0.3, 0.4) is 0 Å². The van der Waals surface area contributed by atoms with Crippen molar-refractivity contribution in [2.75, 3.05) is 29.7 Å². The van der Waals surface area contributed by atoms with E-state index in [1.54, 1.807) is 5.57 Å². The van der Waals surface area contributed by atoms with E-state index in [-0.39, 0.29) is 0 Å². The van der Waals surface area contributed by atoms with Gasteiger partial charge in [-0.1, -0.05) is 30.7 Å². The van der Waals surface area contributed by atoms with Crippen LogP contribution in [-0.2, 0) is 11.0 Å². The van der Waals surface area contributed by atoms with Gasteiger partial charge in [-0.2, -0.15) is 0 Å². The lowest BCUT2D eigenvalue weighted by molar-refractivity contribution is 0.262. The Labute approximate surface area is 166 Å². The quantitative estimate of drug-likeness (QED) is 0.677. The molecule has 0 bridgehead atoms. The maximum absolute atomic E-state index is 12.2. The molecule has 1 saturated heterocycles. The number of hydrogen-bond donors (Lipinski definition) is 0. The molecule has 3 aliphatic rings. The highest BCUT2D eigenvalue weighted by Crippen LogP contribution is 2.33. The fourth-order valence-corrected chi connectivity index (χ4v) is 5.48. The molecule has 1 fully saturated rings. The molecule has 0 radical (unpaired) electrons. The van der Waals surface area contributed by atoms with Crippen molar-refractivity contribution in [2.24, 2.45) is 0 Å². The predicted molar refractivity (Wildman–Crippen MR) is 116 cm³/mol. The molecule has 2 unspecified atom stereocenters. The molecular weight excluding hydrogens is 352 g/mol. The Morgan fingerprint density at radius 1 is 1.37 bits per heavy atom. The smallest absolute Gasteiger partial charge is 0.134 e. The van der Waals surface area contributed by atoms with Crippen molar-refractivity contribution >= 4 is 22.2 Å². The zero-order chi connectivity index (χ0) is 18.6. The largest absolute Gasteiger partial charge is 0.291 e. The van der Waals surface area contributed by atoms with Crippen LogP contribution in [0.5, 0.6) is 0 Å². The minimum Gasteiger partial charge on any atom is -0.291 e. The second kappa shape index (κ2) is 8.49. The van der Waals surface area contributed by atoms with Gasteiger partial charge in [-0.05, 0) is 37.9 Å². The molecule has 4 rings (SSSR count). The molecule has 0 aromatic heterocycles. The van der Waals surface area contributed by atoms with Gasteiger partial charge in [-0.3, -0.25) is 9.21 Å². The van der Waals surface area contributed by atoms with E-state index in [9.17, 15) is 4.21 Å². The molecule has 142 valence electrons. The van der Waals surface area contributed by atoms with E-state index >= 15 is 0 Å². The van der Waals surface area contributed by atoms with Crippen molar-refractivity contribution in [3.05, 3.63) is 66.1 Å². The van der Waals surface area contributed by atoms with Gasteiger partial charge < -0.3 is 0 Å². The third-order valence-electron chi connectivity index (χ3n) is 5.73. The lowest BCUT2D eigenvalue weighted by atomic mass is 10.0. The van der Waals surface area contributed by atoms with Crippen LogP contribution in [0.1, 0.15) is 38.2 Å². The first-order valence-corrected chi connectivity index (χ1v) is 11.4. The molecule has 0 amide bonds. The summed E-state index contributed by atoms with van der Waals surface area (Å²) in [5.41, 5.74) is 5.20. The van der Waals surface area contributed by atoms with E-state index in [0.717, 1.165) is 43.9 Å². The van der Waals surface area contributed by atoms with Crippen molar-refractivity contribution in [3.8, 4) is 0 Å². The van der Waals surface area contributed by atoms with Gasteiger partial charge in [0, 0.05) is 49.9 Å². The number of likely N-dealkylation sites (N-methyl/N-ethyl adjacent to an activating group) is 1. The van der Waals surface area contributed by atoms with Crippen LogP contribution in [0.25, 0.3) is 5.57 Å². The predicted octanol–water partition coefficient (Wildman–Crippen LogP) is 4.52. The zero-order valence-corrected chi connectivity index (χ0v) is 17.0. The summed E-state index contributed by atoms with van der Waals surface area (Å²) in [5.74, 6) is 0.789. The number of rotatable bonds is 6. The fraction of sp³-hybridized carbons (Fsp3) is 0.435. The highest BCUT2D eigenvalue weighted by Gasteiger charge is 2.30. The normalized spacial score (nSPS) is 24.9. The van der Waals surface area contributed by atoms with Gasteiger partial charge in [0.05, 0.1) is 17.3 Å². The second-order valence-electron chi connectivity index (χ2n) is 7.52. The zero-order valence-electron chi connectivity index (χ0n) is 16.1. The maximum Gasteiger partial charge on any atom is 0.134 e. The molecule has 1 heterocycles. The molecule has 4 heteroatoms. The molecule has 2 aliphatic carbocycles. The topological polar surface area (TPSA) is 23.6 Å². The number of hydrogen-bond acceptors (Lipinski definition) is 2. The molecule has 0 saturated carbocycles. The molecule has 2 atom stereocenters. The highest BCUT2D eigenvalue weighted by molar-refractivity contribution is 7.86. The summed E-state index contributed by atoms with van der Waals surface area (Å²) in [5, 5.41) is 0. The molecule has 0 spiro atoms. The van der Waals surface area contributed by atoms with E-state index in [1.807, 2.05) is 4.31 Å². The van der Waals surface area contributed by atoms with Crippen LogP contribution in [0.2, 0.25) is 0 Å². The summed E-state index contributed by atoms with van der Waals surface area (Å²) in [6.45, 7) is 5.29. The van der Waals surface area contributed by atoms with Crippen molar-refractivity contribution in [1.29, 1.82) is 0 Å². The second-order valence-corrected chi connectivity index (χ2v) is 9.01. The summed E-state index contributed by atoms with van der Waals surface area (Å²) in [4.78, 5) is 2.58. The number of allylic oxidation sites excluding steroid dienone is 4. The number of anilines is 1. The van der Waals surface area contributed by atoms with E-state index in [2.05, 4.69) is 66.8 Å². The Bertz CT molecular complexity index is 795.